The van der Waals surface area contributed by atoms with Crippen LogP contribution in [0, 0.1) is 0 Å². The van der Waals surface area contributed by atoms with E-state index in [9.17, 15) is 26.8 Å². The highest BCUT2D eigenvalue weighted by molar-refractivity contribution is 7.89. The third-order valence-corrected chi connectivity index (χ3v) is 5.32. The molecule has 2 aromatic rings. The quantitative estimate of drug-likeness (QED) is 0.802. The van der Waals surface area contributed by atoms with E-state index in [1.807, 2.05) is 4.98 Å². The van der Waals surface area contributed by atoms with E-state index in [1.165, 1.54) is 12.1 Å². The van der Waals surface area contributed by atoms with Crippen molar-refractivity contribution in [3.63, 3.8) is 0 Å². The maximum atomic E-state index is 13.2. The highest BCUT2D eigenvalue weighted by atomic mass is 32.2. The molecule has 1 aliphatic rings. The van der Waals surface area contributed by atoms with Crippen LogP contribution in [0.3, 0.4) is 0 Å². The van der Waals surface area contributed by atoms with E-state index in [4.69, 9.17) is 0 Å². The minimum absolute atomic E-state index is 0.0338. The fraction of sp³-hybridized carbons (Fsp3) is 0.333. The van der Waals surface area contributed by atoms with Crippen molar-refractivity contribution in [2.75, 3.05) is 13.1 Å². The van der Waals surface area contributed by atoms with Crippen LogP contribution in [0.15, 0.2) is 32.7 Å². The molecule has 1 aliphatic heterocycles. The number of rotatable bonds is 2. The molecule has 0 aliphatic carbocycles. The van der Waals surface area contributed by atoms with Gasteiger partial charge in [0.25, 0.3) is 5.56 Å². The summed E-state index contributed by atoms with van der Waals surface area (Å²) < 4.78 is 51.8. The Morgan fingerprint density at radius 2 is 1.73 bits per heavy atom. The zero-order chi connectivity index (χ0) is 16.1. The summed E-state index contributed by atoms with van der Waals surface area (Å²) in [5.74, 6) is 0. The molecule has 10 heteroatoms. The predicted molar refractivity (Wildman–Crippen MR) is 73.7 cm³/mol. The van der Waals surface area contributed by atoms with Gasteiger partial charge in [-0.2, -0.15) is 4.31 Å². The number of H-pyrrole nitrogens is 2. The highest BCUT2D eigenvalue weighted by Crippen LogP contribution is 2.25. The number of hydrogen-bond acceptors (Lipinski definition) is 4. The predicted octanol–water partition coefficient (Wildman–Crippen LogP) is -0.103. The maximum Gasteiger partial charge on any atom is 0.326 e. The van der Waals surface area contributed by atoms with E-state index in [1.54, 1.807) is 0 Å². The SMILES string of the molecule is O=c1[nH]c(=O)c2cc(S(=O)(=O)N3C[C@@H](F)[C@@H](F)C3)ccc2[nH]1. The second kappa shape index (κ2) is 4.99. The lowest BCUT2D eigenvalue weighted by molar-refractivity contribution is 0.217. The molecule has 2 heterocycles. The molecule has 2 N–H and O–H groups in total. The van der Waals surface area contributed by atoms with Gasteiger partial charge in [0.05, 0.1) is 15.8 Å². The van der Waals surface area contributed by atoms with Crippen LogP contribution >= 0.6 is 0 Å². The number of nitrogens with zero attached hydrogens (tertiary/aromatic N) is 1. The van der Waals surface area contributed by atoms with Crippen LogP contribution in [-0.4, -0.2) is 48.1 Å². The molecule has 1 aromatic heterocycles. The van der Waals surface area contributed by atoms with Crippen molar-refractivity contribution < 1.29 is 17.2 Å². The Morgan fingerprint density at radius 3 is 2.36 bits per heavy atom. The van der Waals surface area contributed by atoms with Crippen LogP contribution in [0.25, 0.3) is 10.9 Å². The van der Waals surface area contributed by atoms with Gasteiger partial charge in [0.2, 0.25) is 10.0 Å². The lowest BCUT2D eigenvalue weighted by atomic mass is 10.2. The fourth-order valence-corrected chi connectivity index (χ4v) is 3.82. The first kappa shape index (κ1) is 14.9. The molecule has 1 saturated heterocycles. The van der Waals surface area contributed by atoms with Gasteiger partial charge >= 0.3 is 5.69 Å². The number of fused-ring (bicyclic) bond motifs is 1. The normalized spacial score (nSPS) is 23.2. The zero-order valence-electron chi connectivity index (χ0n) is 11.0. The molecule has 2 atom stereocenters. The van der Waals surface area contributed by atoms with E-state index in [0.29, 0.717) is 4.31 Å². The molecule has 3 rings (SSSR count). The number of hydrogen-bond donors (Lipinski definition) is 2. The number of alkyl halides is 2. The van der Waals surface area contributed by atoms with Crippen molar-refractivity contribution in [1.29, 1.82) is 0 Å². The smallest absolute Gasteiger partial charge is 0.307 e. The minimum atomic E-state index is -4.11. The van der Waals surface area contributed by atoms with Crippen LogP contribution in [0.1, 0.15) is 0 Å². The number of aromatic amines is 2. The number of nitrogens with one attached hydrogen (secondary N) is 2. The van der Waals surface area contributed by atoms with Gasteiger partial charge < -0.3 is 4.98 Å². The first-order valence-electron chi connectivity index (χ1n) is 6.34. The van der Waals surface area contributed by atoms with Crippen molar-refractivity contribution in [3.8, 4) is 0 Å². The second-order valence-electron chi connectivity index (χ2n) is 4.97. The summed E-state index contributed by atoms with van der Waals surface area (Å²) in [4.78, 5) is 26.9. The summed E-state index contributed by atoms with van der Waals surface area (Å²) in [5, 5.41) is -0.0338. The van der Waals surface area contributed by atoms with Crippen molar-refractivity contribution in [3.05, 3.63) is 39.0 Å². The Bertz CT molecular complexity index is 943. The Balaban J connectivity index is 2.10. The number of benzene rings is 1. The molecule has 0 unspecified atom stereocenters. The van der Waals surface area contributed by atoms with Gasteiger partial charge in [-0.3, -0.25) is 9.78 Å². The Hall–Kier alpha value is -2.07. The van der Waals surface area contributed by atoms with Crippen LogP contribution in [0.2, 0.25) is 0 Å². The second-order valence-corrected chi connectivity index (χ2v) is 6.91. The number of aromatic nitrogens is 2. The van der Waals surface area contributed by atoms with Crippen LogP contribution < -0.4 is 11.2 Å². The lowest BCUT2D eigenvalue weighted by Crippen LogP contribution is -2.30. The molecule has 1 aromatic carbocycles. The number of halogens is 2. The molecular formula is C12H11F2N3O4S. The molecule has 7 nitrogen and oxygen atoms in total. The molecule has 0 spiro atoms. The van der Waals surface area contributed by atoms with Gasteiger partial charge in [0.15, 0.2) is 0 Å². The third kappa shape index (κ3) is 2.33. The van der Waals surface area contributed by atoms with Gasteiger partial charge in [-0.25, -0.2) is 22.0 Å². The number of sulfonamides is 1. The summed E-state index contributed by atoms with van der Waals surface area (Å²) in [6, 6.07) is 3.50. The van der Waals surface area contributed by atoms with Gasteiger partial charge in [0, 0.05) is 13.1 Å². The molecule has 118 valence electrons. The van der Waals surface area contributed by atoms with Gasteiger partial charge in [0.1, 0.15) is 12.3 Å². The van der Waals surface area contributed by atoms with E-state index >= 15 is 0 Å². The monoisotopic (exact) mass is 331 g/mol. The molecule has 0 saturated carbocycles. The molecule has 22 heavy (non-hydrogen) atoms. The summed E-state index contributed by atoms with van der Waals surface area (Å²) in [6.45, 7) is -1.13. The van der Waals surface area contributed by atoms with Crippen LogP contribution in [0.5, 0.6) is 0 Å². The molecule has 0 amide bonds. The summed E-state index contributed by atoms with van der Waals surface area (Å²) in [7, 11) is -4.11. The first-order chi connectivity index (χ1) is 10.3. The van der Waals surface area contributed by atoms with Crippen molar-refractivity contribution in [2.45, 2.75) is 17.2 Å². The largest absolute Gasteiger partial charge is 0.326 e. The van der Waals surface area contributed by atoms with Crippen LogP contribution in [-0.2, 0) is 10.0 Å². The van der Waals surface area contributed by atoms with Crippen molar-refractivity contribution >= 4 is 20.9 Å². The average Bonchev–Trinajstić information content (AvgIpc) is 2.79. The zero-order valence-corrected chi connectivity index (χ0v) is 11.9. The first-order valence-corrected chi connectivity index (χ1v) is 7.78. The van der Waals surface area contributed by atoms with Gasteiger partial charge in [-0.15, -0.1) is 0 Å². The molecule has 1 fully saturated rings. The van der Waals surface area contributed by atoms with Gasteiger partial charge in [-0.1, -0.05) is 0 Å². The Morgan fingerprint density at radius 1 is 1.09 bits per heavy atom. The lowest BCUT2D eigenvalue weighted by Gasteiger charge is -2.15. The molecular weight excluding hydrogens is 320 g/mol. The topological polar surface area (TPSA) is 103 Å². The fourth-order valence-electron chi connectivity index (χ4n) is 2.34. The molecule has 0 bridgehead atoms. The van der Waals surface area contributed by atoms with Gasteiger partial charge in [-0.05, 0) is 18.2 Å². The van der Waals surface area contributed by atoms with E-state index in [2.05, 4.69) is 4.98 Å². The molecule has 0 radical (unpaired) electrons. The highest BCUT2D eigenvalue weighted by Gasteiger charge is 2.39. The van der Waals surface area contributed by atoms with E-state index < -0.39 is 46.7 Å². The standard InChI is InChI=1S/C12H11F2N3O4S/c13-8-4-17(5-9(8)14)22(20,21)6-1-2-10-7(3-6)11(18)16-12(19)15-10/h1-3,8-9H,4-5H2,(H2,15,16,18,19)/t8-,9+. The van der Waals surface area contributed by atoms with E-state index in [0.717, 1.165) is 6.07 Å². The van der Waals surface area contributed by atoms with Crippen LogP contribution in [0.4, 0.5) is 8.78 Å². The Labute approximate surface area is 122 Å². The summed E-state index contributed by atoms with van der Waals surface area (Å²) >= 11 is 0. The third-order valence-electron chi connectivity index (χ3n) is 3.50. The minimum Gasteiger partial charge on any atom is -0.307 e. The van der Waals surface area contributed by atoms with Crippen molar-refractivity contribution in [2.24, 2.45) is 0 Å². The Kier molecular flexibility index (Phi) is 3.37. The summed E-state index contributed by atoms with van der Waals surface area (Å²) in [6.07, 6.45) is -3.73. The maximum absolute atomic E-state index is 13.2. The van der Waals surface area contributed by atoms with Crippen molar-refractivity contribution in [1.82, 2.24) is 14.3 Å². The average molecular weight is 331 g/mol. The summed E-state index contributed by atoms with van der Waals surface area (Å²) in [5.41, 5.74) is -1.29. The van der Waals surface area contributed by atoms with E-state index in [-0.39, 0.29) is 15.8 Å².